The zero-order valence-electron chi connectivity index (χ0n) is 23.2. The van der Waals surface area contributed by atoms with Crippen LogP contribution in [0, 0.1) is 26.7 Å². The minimum Gasteiger partial charge on any atom is -0.382 e. The number of hydrogen-bond acceptors (Lipinski definition) is 6. The lowest BCUT2D eigenvalue weighted by molar-refractivity contribution is 0.0950. The first-order chi connectivity index (χ1) is 17.3. The van der Waals surface area contributed by atoms with Gasteiger partial charge in [0.1, 0.15) is 0 Å². The van der Waals surface area contributed by atoms with E-state index in [1.807, 2.05) is 26.8 Å². The molecular weight excluding hydrogens is 488 g/mol. The molecule has 1 heterocycles. The predicted octanol–water partition coefficient (Wildman–Crippen LogP) is 3.94. The third kappa shape index (κ3) is 6.82. The number of nitrogens with zero attached hydrogens (tertiary/aromatic N) is 1. The van der Waals surface area contributed by atoms with Gasteiger partial charge in [0.15, 0.2) is 9.84 Å². The lowest BCUT2D eigenvalue weighted by atomic mass is 9.81. The second-order valence-corrected chi connectivity index (χ2v) is 12.9. The van der Waals surface area contributed by atoms with Gasteiger partial charge in [0.25, 0.3) is 11.5 Å². The van der Waals surface area contributed by atoms with Crippen molar-refractivity contribution in [2.75, 3.05) is 25.2 Å². The van der Waals surface area contributed by atoms with E-state index in [1.54, 1.807) is 13.0 Å². The van der Waals surface area contributed by atoms with Crippen LogP contribution < -0.4 is 16.2 Å². The van der Waals surface area contributed by atoms with Gasteiger partial charge in [-0.25, -0.2) is 8.42 Å². The van der Waals surface area contributed by atoms with Gasteiger partial charge in [-0.15, -0.1) is 0 Å². The Morgan fingerprint density at radius 2 is 1.76 bits per heavy atom. The smallest absolute Gasteiger partial charge is 0.253 e. The van der Waals surface area contributed by atoms with E-state index in [1.165, 1.54) is 6.07 Å². The van der Waals surface area contributed by atoms with Crippen LogP contribution in [0.2, 0.25) is 0 Å². The second kappa shape index (κ2) is 11.8. The molecule has 0 radical (unpaired) electrons. The molecule has 1 aliphatic rings. The van der Waals surface area contributed by atoms with E-state index in [2.05, 4.69) is 41.5 Å². The second-order valence-electron chi connectivity index (χ2n) is 10.6. The fraction of sp³-hybridized carbons (Fsp3) is 0.571. The molecule has 1 unspecified atom stereocenters. The quantitative estimate of drug-likeness (QED) is 0.453. The molecule has 3 N–H and O–H groups in total. The van der Waals surface area contributed by atoms with Crippen molar-refractivity contribution in [1.29, 1.82) is 0 Å². The maximum Gasteiger partial charge on any atom is 0.253 e. The molecule has 1 fully saturated rings. The first-order valence-corrected chi connectivity index (χ1v) is 14.8. The Morgan fingerprint density at radius 3 is 2.32 bits per heavy atom. The number of amides is 1. The van der Waals surface area contributed by atoms with Gasteiger partial charge in [-0.05, 0) is 103 Å². The number of carbonyl (C=O) groups excluding carboxylic acids is 1. The molecule has 1 aliphatic carbocycles. The van der Waals surface area contributed by atoms with Crippen molar-refractivity contribution in [1.82, 2.24) is 15.2 Å². The van der Waals surface area contributed by atoms with Crippen LogP contribution >= 0.6 is 0 Å². The lowest BCUT2D eigenvalue weighted by Gasteiger charge is -2.36. The van der Waals surface area contributed by atoms with E-state index in [0.717, 1.165) is 36.9 Å². The number of anilines is 1. The highest BCUT2D eigenvalue weighted by molar-refractivity contribution is 7.91. The fourth-order valence-corrected chi connectivity index (χ4v) is 6.19. The van der Waals surface area contributed by atoms with Crippen LogP contribution in [0.1, 0.15) is 72.3 Å². The predicted molar refractivity (Wildman–Crippen MR) is 149 cm³/mol. The van der Waals surface area contributed by atoms with Crippen molar-refractivity contribution in [3.8, 4) is 0 Å². The monoisotopic (exact) mass is 530 g/mol. The number of sulfone groups is 1. The Labute approximate surface area is 221 Å². The largest absolute Gasteiger partial charge is 0.382 e. The van der Waals surface area contributed by atoms with Crippen molar-refractivity contribution < 1.29 is 13.2 Å². The molecule has 37 heavy (non-hydrogen) atoms. The number of aryl methyl sites for hydroxylation is 2. The number of nitrogens with one attached hydrogen (secondary N) is 3. The molecule has 1 aromatic carbocycles. The number of aromatic nitrogens is 1. The van der Waals surface area contributed by atoms with E-state index in [-0.39, 0.29) is 28.8 Å². The Morgan fingerprint density at radius 1 is 1.11 bits per heavy atom. The van der Waals surface area contributed by atoms with Crippen LogP contribution in [0.3, 0.4) is 0 Å². The number of pyridine rings is 1. The first kappa shape index (κ1) is 28.9. The fourth-order valence-electron chi connectivity index (χ4n) is 5.27. The lowest BCUT2D eigenvalue weighted by Crippen LogP contribution is -2.36. The van der Waals surface area contributed by atoms with Crippen molar-refractivity contribution in [2.45, 2.75) is 83.8 Å². The SMILES string of the molecule is CCS(=O)(=O)c1cc(NC(C)[C@H]2CC[C@H](N(C)C)CC2)c(C)c(C(=O)NCc2c(C)cc(C)[nH]c2=O)c1. The van der Waals surface area contributed by atoms with Crippen LogP contribution in [0.4, 0.5) is 5.69 Å². The summed E-state index contributed by atoms with van der Waals surface area (Å²) in [6.07, 6.45) is 4.47. The average molecular weight is 531 g/mol. The Hall–Kier alpha value is -2.65. The van der Waals surface area contributed by atoms with E-state index in [0.29, 0.717) is 34.3 Å². The van der Waals surface area contributed by atoms with Gasteiger partial charge in [-0.1, -0.05) is 6.92 Å². The molecule has 0 saturated heterocycles. The van der Waals surface area contributed by atoms with E-state index in [9.17, 15) is 18.0 Å². The normalized spacial score (nSPS) is 19.0. The summed E-state index contributed by atoms with van der Waals surface area (Å²) in [6, 6.07) is 5.70. The zero-order chi connectivity index (χ0) is 27.5. The van der Waals surface area contributed by atoms with Crippen LogP contribution in [0.25, 0.3) is 0 Å². The molecule has 1 saturated carbocycles. The molecule has 0 bridgehead atoms. The van der Waals surface area contributed by atoms with Crippen molar-refractivity contribution in [2.24, 2.45) is 5.92 Å². The number of rotatable bonds is 9. The maximum absolute atomic E-state index is 13.3. The van der Waals surface area contributed by atoms with Crippen molar-refractivity contribution >= 4 is 21.4 Å². The number of H-pyrrole nitrogens is 1. The highest BCUT2D eigenvalue weighted by Gasteiger charge is 2.27. The molecule has 204 valence electrons. The molecule has 9 heteroatoms. The highest BCUT2D eigenvalue weighted by Crippen LogP contribution is 2.32. The third-order valence-electron chi connectivity index (χ3n) is 7.85. The standard InChI is InChI=1S/C28H42N4O4S/c1-8-37(35,36)23-14-24(27(33)29-16-25-17(2)13-18(3)30-28(25)34)19(4)26(15-23)31-20(5)21-9-11-22(12-10-21)32(6)7/h13-15,20-22,31H,8-12,16H2,1-7H3,(H,29,33)(H,30,34)/t20?,21-,22-. The molecule has 0 aliphatic heterocycles. The van der Waals surface area contributed by atoms with Crippen molar-refractivity contribution in [3.63, 3.8) is 0 Å². The van der Waals surface area contributed by atoms with Crippen LogP contribution in [0.15, 0.2) is 27.9 Å². The number of aromatic amines is 1. The maximum atomic E-state index is 13.3. The minimum atomic E-state index is -3.54. The summed E-state index contributed by atoms with van der Waals surface area (Å²) in [7, 11) is 0.710. The van der Waals surface area contributed by atoms with Crippen LogP contribution in [0.5, 0.6) is 0 Å². The van der Waals surface area contributed by atoms with Crippen molar-refractivity contribution in [3.05, 3.63) is 56.5 Å². The number of benzene rings is 1. The van der Waals surface area contributed by atoms with Gasteiger partial charge in [0.2, 0.25) is 0 Å². The molecule has 1 atom stereocenters. The molecule has 8 nitrogen and oxygen atoms in total. The molecule has 3 rings (SSSR count). The van der Waals surface area contributed by atoms with E-state index in [4.69, 9.17) is 0 Å². The van der Waals surface area contributed by atoms with Crippen LogP contribution in [-0.4, -0.2) is 56.1 Å². The van der Waals surface area contributed by atoms with Gasteiger partial charge in [0, 0.05) is 41.1 Å². The summed E-state index contributed by atoms with van der Waals surface area (Å²) >= 11 is 0. The summed E-state index contributed by atoms with van der Waals surface area (Å²) < 4.78 is 25.6. The van der Waals surface area contributed by atoms with Gasteiger partial charge < -0.3 is 20.5 Å². The number of hydrogen-bond donors (Lipinski definition) is 3. The molecule has 0 spiro atoms. The van der Waals surface area contributed by atoms with E-state index < -0.39 is 15.7 Å². The Kier molecular flexibility index (Phi) is 9.23. The van der Waals surface area contributed by atoms with Gasteiger partial charge in [-0.3, -0.25) is 9.59 Å². The minimum absolute atomic E-state index is 0.0543. The molecule has 1 aromatic heterocycles. The van der Waals surface area contributed by atoms with Gasteiger partial charge in [-0.2, -0.15) is 0 Å². The molecular formula is C28H42N4O4S. The average Bonchev–Trinajstić information content (AvgIpc) is 2.84. The zero-order valence-corrected chi connectivity index (χ0v) is 24.0. The Bertz CT molecular complexity index is 1290. The molecule has 1 amide bonds. The van der Waals surface area contributed by atoms with Crippen LogP contribution in [-0.2, 0) is 16.4 Å². The number of carbonyl (C=O) groups is 1. The summed E-state index contributed by atoms with van der Waals surface area (Å²) in [5.74, 6) is 0.00118. The summed E-state index contributed by atoms with van der Waals surface area (Å²) in [6.45, 7) is 9.26. The first-order valence-electron chi connectivity index (χ1n) is 13.1. The summed E-state index contributed by atoms with van der Waals surface area (Å²) in [5.41, 5.74) is 3.43. The third-order valence-corrected chi connectivity index (χ3v) is 9.56. The Balaban J connectivity index is 1.87. The summed E-state index contributed by atoms with van der Waals surface area (Å²) in [5, 5.41) is 6.37. The molecule has 2 aromatic rings. The van der Waals surface area contributed by atoms with E-state index >= 15 is 0 Å². The van der Waals surface area contributed by atoms with Gasteiger partial charge >= 0.3 is 0 Å². The highest BCUT2D eigenvalue weighted by atomic mass is 32.2. The summed E-state index contributed by atoms with van der Waals surface area (Å²) in [4.78, 5) is 30.8. The topological polar surface area (TPSA) is 111 Å². The van der Waals surface area contributed by atoms with Gasteiger partial charge in [0.05, 0.1) is 10.6 Å².